The standard InChI is InChI=1S/C40H28/c1-25-18-26(2)20-32(19-25)36-23-30-14-9-17-34-37(24-31-15-8-16-33(36)39(31)40(30)34)38-22-29-13-7-6-12-28(29)21-35(38)27-10-4-3-5-11-27/h3-24H,1-2H3. The molecule has 0 radical (unpaired) electrons. The van der Waals surface area contributed by atoms with E-state index < -0.39 is 0 Å². The number of benzene rings is 8. The van der Waals surface area contributed by atoms with Crippen LogP contribution in [0.2, 0.25) is 0 Å². The van der Waals surface area contributed by atoms with Gasteiger partial charge in [-0.2, -0.15) is 0 Å². The van der Waals surface area contributed by atoms with Gasteiger partial charge in [0.15, 0.2) is 0 Å². The van der Waals surface area contributed by atoms with Crippen LogP contribution in [0.3, 0.4) is 0 Å². The summed E-state index contributed by atoms with van der Waals surface area (Å²) in [6, 6.07) is 49.6. The monoisotopic (exact) mass is 508 g/mol. The molecular weight excluding hydrogens is 480 g/mol. The second-order valence-electron chi connectivity index (χ2n) is 11.1. The van der Waals surface area contributed by atoms with E-state index in [-0.39, 0.29) is 0 Å². The van der Waals surface area contributed by atoms with Crippen LogP contribution >= 0.6 is 0 Å². The minimum absolute atomic E-state index is 1.24. The van der Waals surface area contributed by atoms with Gasteiger partial charge < -0.3 is 0 Å². The first kappa shape index (κ1) is 23.0. The van der Waals surface area contributed by atoms with Crippen LogP contribution in [0.15, 0.2) is 133 Å². The topological polar surface area (TPSA) is 0 Å². The second-order valence-corrected chi connectivity index (χ2v) is 11.1. The van der Waals surface area contributed by atoms with Crippen molar-refractivity contribution in [2.45, 2.75) is 13.8 Å². The van der Waals surface area contributed by atoms with E-state index >= 15 is 0 Å². The Hall–Kier alpha value is -4.94. The molecule has 0 aliphatic carbocycles. The first-order valence-electron chi connectivity index (χ1n) is 14.0. The Morgan fingerprint density at radius 2 is 0.825 bits per heavy atom. The quantitative estimate of drug-likeness (QED) is 0.208. The summed E-state index contributed by atoms with van der Waals surface area (Å²) >= 11 is 0. The Bertz CT molecular complexity index is 2200. The molecule has 0 bridgehead atoms. The Morgan fingerprint density at radius 1 is 0.325 bits per heavy atom. The first-order valence-corrected chi connectivity index (χ1v) is 14.0. The third-order valence-corrected chi connectivity index (χ3v) is 8.42. The molecule has 0 aliphatic heterocycles. The number of hydrogen-bond acceptors (Lipinski definition) is 0. The fourth-order valence-electron chi connectivity index (χ4n) is 6.77. The van der Waals surface area contributed by atoms with Crippen molar-refractivity contribution in [2.75, 3.05) is 0 Å². The molecule has 188 valence electrons. The van der Waals surface area contributed by atoms with Gasteiger partial charge in [0.2, 0.25) is 0 Å². The van der Waals surface area contributed by atoms with E-state index in [9.17, 15) is 0 Å². The van der Waals surface area contributed by atoms with Crippen LogP contribution in [-0.4, -0.2) is 0 Å². The summed E-state index contributed by atoms with van der Waals surface area (Å²) in [6.45, 7) is 4.38. The second kappa shape index (κ2) is 8.79. The molecule has 0 unspecified atom stereocenters. The van der Waals surface area contributed by atoms with Gasteiger partial charge in [0, 0.05) is 0 Å². The first-order chi connectivity index (χ1) is 19.6. The van der Waals surface area contributed by atoms with Crippen molar-refractivity contribution in [3.8, 4) is 33.4 Å². The molecule has 0 amide bonds. The smallest absolute Gasteiger partial charge is 0.00201 e. The molecule has 0 fully saturated rings. The fourth-order valence-corrected chi connectivity index (χ4v) is 6.77. The van der Waals surface area contributed by atoms with Gasteiger partial charge in [0.1, 0.15) is 0 Å². The molecule has 0 nitrogen and oxygen atoms in total. The summed E-state index contributed by atoms with van der Waals surface area (Å²) in [4.78, 5) is 0. The van der Waals surface area contributed by atoms with Crippen LogP contribution in [-0.2, 0) is 0 Å². The number of aryl methyl sites for hydroxylation is 2. The third kappa shape index (κ3) is 3.53. The molecule has 0 saturated carbocycles. The number of hydrogen-bond donors (Lipinski definition) is 0. The van der Waals surface area contributed by atoms with Crippen molar-refractivity contribution in [1.29, 1.82) is 0 Å². The van der Waals surface area contributed by atoms with Crippen LogP contribution in [0.1, 0.15) is 11.1 Å². The molecular formula is C40H28. The highest BCUT2D eigenvalue weighted by atomic mass is 14.2. The van der Waals surface area contributed by atoms with Crippen LogP contribution in [0.5, 0.6) is 0 Å². The van der Waals surface area contributed by atoms with Crippen molar-refractivity contribution >= 4 is 43.1 Å². The highest BCUT2D eigenvalue weighted by Gasteiger charge is 2.19. The molecule has 40 heavy (non-hydrogen) atoms. The largest absolute Gasteiger partial charge is 0.0622 e. The summed E-state index contributed by atoms with van der Waals surface area (Å²) in [5, 5.41) is 10.4. The Balaban J connectivity index is 1.49. The minimum atomic E-state index is 1.24. The molecule has 0 aliphatic rings. The summed E-state index contributed by atoms with van der Waals surface area (Å²) in [7, 11) is 0. The van der Waals surface area contributed by atoms with Gasteiger partial charge in [-0.15, -0.1) is 0 Å². The van der Waals surface area contributed by atoms with Crippen LogP contribution in [0, 0.1) is 13.8 Å². The van der Waals surface area contributed by atoms with Crippen LogP contribution < -0.4 is 0 Å². The Kier molecular flexibility index (Phi) is 5.06. The molecule has 8 aromatic carbocycles. The maximum atomic E-state index is 2.42. The molecule has 0 aromatic heterocycles. The van der Waals surface area contributed by atoms with E-state index in [1.165, 1.54) is 87.6 Å². The van der Waals surface area contributed by atoms with Gasteiger partial charge >= 0.3 is 0 Å². The predicted octanol–water partition coefficient (Wildman–Crippen LogP) is 11.4. The zero-order valence-corrected chi connectivity index (χ0v) is 22.7. The minimum Gasteiger partial charge on any atom is -0.0622 e. The highest BCUT2D eigenvalue weighted by Crippen LogP contribution is 2.46. The Morgan fingerprint density at radius 3 is 1.48 bits per heavy atom. The lowest BCUT2D eigenvalue weighted by Gasteiger charge is -2.20. The van der Waals surface area contributed by atoms with Crippen molar-refractivity contribution < 1.29 is 0 Å². The van der Waals surface area contributed by atoms with E-state index in [0.29, 0.717) is 0 Å². The van der Waals surface area contributed by atoms with Gasteiger partial charge in [0.05, 0.1) is 0 Å². The van der Waals surface area contributed by atoms with E-state index in [0.717, 1.165) is 0 Å². The molecule has 8 rings (SSSR count). The average molecular weight is 509 g/mol. The summed E-state index contributed by atoms with van der Waals surface area (Å²) < 4.78 is 0. The highest BCUT2D eigenvalue weighted by molar-refractivity contribution is 6.29. The van der Waals surface area contributed by atoms with Crippen LogP contribution in [0.25, 0.3) is 76.5 Å². The SMILES string of the molecule is Cc1cc(C)cc(-c2cc3cccc4c(-c5cc6ccccc6cc5-c5ccccc5)cc5cccc2c5c34)c1. The lowest BCUT2D eigenvalue weighted by molar-refractivity contribution is 1.39. The normalized spacial score (nSPS) is 11.8. The van der Waals surface area contributed by atoms with Crippen molar-refractivity contribution in [2.24, 2.45) is 0 Å². The molecule has 0 atom stereocenters. The van der Waals surface area contributed by atoms with Gasteiger partial charge in [-0.3, -0.25) is 0 Å². The van der Waals surface area contributed by atoms with E-state index in [4.69, 9.17) is 0 Å². The van der Waals surface area contributed by atoms with Gasteiger partial charge in [-0.1, -0.05) is 120 Å². The van der Waals surface area contributed by atoms with Gasteiger partial charge in [0.25, 0.3) is 0 Å². The predicted molar refractivity (Wildman–Crippen MR) is 173 cm³/mol. The summed E-state index contributed by atoms with van der Waals surface area (Å²) in [5.41, 5.74) is 10.3. The lowest BCUT2D eigenvalue weighted by atomic mass is 9.83. The zero-order valence-electron chi connectivity index (χ0n) is 22.7. The summed E-state index contributed by atoms with van der Waals surface area (Å²) in [5.74, 6) is 0. The van der Waals surface area contributed by atoms with Gasteiger partial charge in [-0.25, -0.2) is 0 Å². The molecule has 0 heteroatoms. The number of rotatable bonds is 3. The van der Waals surface area contributed by atoms with E-state index in [2.05, 4.69) is 147 Å². The van der Waals surface area contributed by atoms with E-state index in [1.54, 1.807) is 0 Å². The van der Waals surface area contributed by atoms with Gasteiger partial charge in [-0.05, 0) is 115 Å². The maximum absolute atomic E-state index is 2.42. The zero-order chi connectivity index (χ0) is 26.8. The molecule has 0 saturated heterocycles. The molecule has 0 heterocycles. The summed E-state index contributed by atoms with van der Waals surface area (Å²) in [6.07, 6.45) is 0. The number of fused-ring (bicyclic) bond motifs is 1. The Labute approximate surface area is 234 Å². The van der Waals surface area contributed by atoms with Crippen molar-refractivity contribution in [3.05, 3.63) is 145 Å². The van der Waals surface area contributed by atoms with Crippen molar-refractivity contribution in [3.63, 3.8) is 0 Å². The van der Waals surface area contributed by atoms with Crippen molar-refractivity contribution in [1.82, 2.24) is 0 Å². The fraction of sp³-hybridized carbons (Fsp3) is 0.0500. The molecule has 8 aromatic rings. The molecule has 0 N–H and O–H groups in total. The average Bonchev–Trinajstić information content (AvgIpc) is 2.99. The maximum Gasteiger partial charge on any atom is -0.00201 e. The lowest BCUT2D eigenvalue weighted by Crippen LogP contribution is -1.93. The van der Waals surface area contributed by atoms with Crippen LogP contribution in [0.4, 0.5) is 0 Å². The molecule has 0 spiro atoms. The van der Waals surface area contributed by atoms with E-state index in [1.807, 2.05) is 0 Å². The third-order valence-electron chi connectivity index (χ3n) is 8.42.